The van der Waals surface area contributed by atoms with Crippen molar-refractivity contribution in [3.8, 4) is 5.75 Å². The lowest BCUT2D eigenvalue weighted by molar-refractivity contribution is 0.232. The van der Waals surface area contributed by atoms with Crippen LogP contribution in [0.2, 0.25) is 0 Å². The standard InChI is InChI=1S/C16H24N2OS/c1-2-4-13-7-8-18(12-13)9-10-19-15-6-3-5-14(11-15)16(17)20/h3,5-6,11,13H,2,4,7-10,12H2,1H3,(H2,17,20). The molecule has 1 aromatic carbocycles. The van der Waals surface area contributed by atoms with Gasteiger partial charge in [-0.3, -0.25) is 4.90 Å². The summed E-state index contributed by atoms with van der Waals surface area (Å²) in [6.07, 6.45) is 3.99. The molecule has 3 nitrogen and oxygen atoms in total. The molecule has 20 heavy (non-hydrogen) atoms. The summed E-state index contributed by atoms with van der Waals surface area (Å²) in [5.74, 6) is 1.73. The second-order valence-corrected chi connectivity index (χ2v) is 5.92. The molecule has 0 amide bonds. The average Bonchev–Trinajstić information content (AvgIpc) is 2.87. The van der Waals surface area contributed by atoms with Crippen molar-refractivity contribution in [2.24, 2.45) is 11.7 Å². The summed E-state index contributed by atoms with van der Waals surface area (Å²) in [5, 5.41) is 0. The highest BCUT2D eigenvalue weighted by Gasteiger charge is 2.21. The SMILES string of the molecule is CCCC1CCN(CCOc2cccc(C(N)=S)c2)C1. The van der Waals surface area contributed by atoms with E-state index in [1.54, 1.807) is 0 Å². The molecule has 1 aliphatic rings. The van der Waals surface area contributed by atoms with Crippen molar-refractivity contribution in [2.45, 2.75) is 26.2 Å². The Bertz CT molecular complexity index is 450. The number of nitrogens with zero attached hydrogens (tertiary/aromatic N) is 1. The molecule has 1 atom stereocenters. The first-order valence-electron chi connectivity index (χ1n) is 7.44. The Kier molecular flexibility index (Phi) is 5.80. The Morgan fingerprint density at radius 1 is 1.50 bits per heavy atom. The Hall–Kier alpha value is -1.13. The maximum absolute atomic E-state index is 5.80. The van der Waals surface area contributed by atoms with Crippen LogP contribution in [-0.4, -0.2) is 36.1 Å². The van der Waals surface area contributed by atoms with Gasteiger partial charge in [-0.2, -0.15) is 0 Å². The fourth-order valence-electron chi connectivity index (χ4n) is 2.79. The molecule has 1 unspecified atom stereocenters. The maximum atomic E-state index is 5.80. The van der Waals surface area contributed by atoms with E-state index in [2.05, 4.69) is 11.8 Å². The van der Waals surface area contributed by atoms with Crippen LogP contribution in [0.25, 0.3) is 0 Å². The van der Waals surface area contributed by atoms with Gasteiger partial charge in [0.25, 0.3) is 0 Å². The van der Waals surface area contributed by atoms with Crippen LogP contribution in [-0.2, 0) is 0 Å². The molecule has 2 rings (SSSR count). The van der Waals surface area contributed by atoms with Crippen LogP contribution in [0.5, 0.6) is 5.75 Å². The van der Waals surface area contributed by atoms with Crippen LogP contribution in [0.15, 0.2) is 24.3 Å². The highest BCUT2D eigenvalue weighted by Crippen LogP contribution is 2.20. The largest absolute Gasteiger partial charge is 0.492 e. The first-order chi connectivity index (χ1) is 9.69. The molecule has 0 radical (unpaired) electrons. The van der Waals surface area contributed by atoms with Crippen molar-refractivity contribution >= 4 is 17.2 Å². The number of hydrogen-bond acceptors (Lipinski definition) is 3. The number of likely N-dealkylation sites (tertiary alicyclic amines) is 1. The topological polar surface area (TPSA) is 38.5 Å². The fourth-order valence-corrected chi connectivity index (χ4v) is 2.92. The number of hydrogen-bond donors (Lipinski definition) is 1. The summed E-state index contributed by atoms with van der Waals surface area (Å²) in [6.45, 7) is 6.42. The second-order valence-electron chi connectivity index (χ2n) is 5.48. The fraction of sp³-hybridized carbons (Fsp3) is 0.562. The normalized spacial score (nSPS) is 19.1. The smallest absolute Gasteiger partial charge is 0.120 e. The average molecular weight is 292 g/mol. The van der Waals surface area contributed by atoms with Gasteiger partial charge in [0.05, 0.1) is 0 Å². The zero-order chi connectivity index (χ0) is 14.4. The maximum Gasteiger partial charge on any atom is 0.120 e. The third-order valence-corrected chi connectivity index (χ3v) is 4.10. The van der Waals surface area contributed by atoms with Gasteiger partial charge in [0.1, 0.15) is 17.3 Å². The van der Waals surface area contributed by atoms with E-state index < -0.39 is 0 Å². The van der Waals surface area contributed by atoms with Crippen molar-refractivity contribution in [3.05, 3.63) is 29.8 Å². The third kappa shape index (κ3) is 4.46. The minimum Gasteiger partial charge on any atom is -0.492 e. The van der Waals surface area contributed by atoms with E-state index in [-0.39, 0.29) is 0 Å². The predicted molar refractivity (Wildman–Crippen MR) is 87.3 cm³/mol. The molecule has 110 valence electrons. The Morgan fingerprint density at radius 2 is 2.35 bits per heavy atom. The van der Waals surface area contributed by atoms with Crippen molar-refractivity contribution in [1.29, 1.82) is 0 Å². The van der Waals surface area contributed by atoms with Crippen molar-refractivity contribution in [1.82, 2.24) is 4.90 Å². The van der Waals surface area contributed by atoms with Gasteiger partial charge in [-0.1, -0.05) is 37.7 Å². The van der Waals surface area contributed by atoms with Gasteiger partial charge < -0.3 is 10.5 Å². The van der Waals surface area contributed by atoms with Gasteiger partial charge in [0, 0.05) is 18.7 Å². The van der Waals surface area contributed by atoms with Crippen LogP contribution in [0, 0.1) is 5.92 Å². The summed E-state index contributed by atoms with van der Waals surface area (Å²) in [4.78, 5) is 2.91. The summed E-state index contributed by atoms with van der Waals surface area (Å²) < 4.78 is 5.80. The zero-order valence-electron chi connectivity index (χ0n) is 12.2. The van der Waals surface area contributed by atoms with Gasteiger partial charge in [-0.05, 0) is 37.4 Å². The number of thiocarbonyl (C=S) groups is 1. The van der Waals surface area contributed by atoms with Gasteiger partial charge in [0.15, 0.2) is 0 Å². The molecule has 1 aromatic rings. The molecule has 0 aliphatic carbocycles. The molecule has 0 aromatic heterocycles. The lowest BCUT2D eigenvalue weighted by Crippen LogP contribution is -2.26. The van der Waals surface area contributed by atoms with Crippen molar-refractivity contribution in [3.63, 3.8) is 0 Å². The Balaban J connectivity index is 1.73. The minimum atomic E-state index is 0.414. The number of nitrogens with two attached hydrogens (primary N) is 1. The van der Waals surface area contributed by atoms with Gasteiger partial charge in [-0.15, -0.1) is 0 Å². The molecule has 0 bridgehead atoms. The van der Waals surface area contributed by atoms with E-state index in [1.807, 2.05) is 24.3 Å². The molecular weight excluding hydrogens is 268 g/mol. The van der Waals surface area contributed by atoms with Crippen LogP contribution in [0.4, 0.5) is 0 Å². The minimum absolute atomic E-state index is 0.414. The molecule has 4 heteroatoms. The Labute approximate surface area is 127 Å². The molecule has 0 spiro atoms. The van der Waals surface area contributed by atoms with E-state index in [0.717, 1.165) is 30.4 Å². The van der Waals surface area contributed by atoms with Crippen molar-refractivity contribution in [2.75, 3.05) is 26.2 Å². The van der Waals surface area contributed by atoms with Gasteiger partial charge in [0.2, 0.25) is 0 Å². The third-order valence-electron chi connectivity index (χ3n) is 3.86. The summed E-state index contributed by atoms with van der Waals surface area (Å²) in [6, 6.07) is 7.69. The highest BCUT2D eigenvalue weighted by molar-refractivity contribution is 7.80. The molecule has 2 N–H and O–H groups in total. The first kappa shape index (κ1) is 15.3. The molecule has 0 saturated carbocycles. The zero-order valence-corrected chi connectivity index (χ0v) is 13.0. The van der Waals surface area contributed by atoms with Gasteiger partial charge >= 0.3 is 0 Å². The van der Waals surface area contributed by atoms with E-state index in [9.17, 15) is 0 Å². The van der Waals surface area contributed by atoms with Gasteiger partial charge in [-0.25, -0.2) is 0 Å². The van der Waals surface area contributed by atoms with E-state index in [4.69, 9.17) is 22.7 Å². The molecule has 1 saturated heterocycles. The molecule has 1 aliphatic heterocycles. The summed E-state index contributed by atoms with van der Waals surface area (Å²) in [7, 11) is 0. The lowest BCUT2D eigenvalue weighted by Gasteiger charge is -2.16. The molecular formula is C16H24N2OS. The quantitative estimate of drug-likeness (QED) is 0.784. The van der Waals surface area contributed by atoms with E-state index in [0.29, 0.717) is 4.99 Å². The number of benzene rings is 1. The molecule has 1 heterocycles. The van der Waals surface area contributed by atoms with E-state index >= 15 is 0 Å². The van der Waals surface area contributed by atoms with E-state index in [1.165, 1.54) is 32.4 Å². The van der Waals surface area contributed by atoms with Crippen LogP contribution >= 0.6 is 12.2 Å². The lowest BCUT2D eigenvalue weighted by atomic mass is 10.0. The molecule has 1 fully saturated rings. The van der Waals surface area contributed by atoms with Crippen LogP contribution in [0.1, 0.15) is 31.7 Å². The monoisotopic (exact) mass is 292 g/mol. The summed E-state index contributed by atoms with van der Waals surface area (Å²) in [5.41, 5.74) is 6.48. The first-order valence-corrected chi connectivity index (χ1v) is 7.85. The predicted octanol–water partition coefficient (Wildman–Crippen LogP) is 2.82. The highest BCUT2D eigenvalue weighted by atomic mass is 32.1. The number of rotatable bonds is 7. The van der Waals surface area contributed by atoms with Crippen LogP contribution < -0.4 is 10.5 Å². The summed E-state index contributed by atoms with van der Waals surface area (Å²) >= 11 is 4.97. The van der Waals surface area contributed by atoms with Crippen molar-refractivity contribution < 1.29 is 4.74 Å². The second kappa shape index (κ2) is 7.60. The Morgan fingerprint density at radius 3 is 3.10 bits per heavy atom. The van der Waals surface area contributed by atoms with Crippen LogP contribution in [0.3, 0.4) is 0 Å². The number of ether oxygens (including phenoxy) is 1.